The largest absolute Gasteiger partial charge is 0.481 e. The molecular formula is C21H29N5O9. The molecule has 0 aliphatic rings. The minimum Gasteiger partial charge on any atom is -0.481 e. The third kappa shape index (κ3) is 10.2. The van der Waals surface area contributed by atoms with E-state index in [0.29, 0.717) is 5.56 Å². The molecule has 0 saturated carbocycles. The number of aliphatic hydroxyl groups is 1. The van der Waals surface area contributed by atoms with Gasteiger partial charge in [-0.25, -0.2) is 4.79 Å². The molecule has 5 atom stereocenters. The van der Waals surface area contributed by atoms with Crippen LogP contribution in [0.2, 0.25) is 0 Å². The van der Waals surface area contributed by atoms with Gasteiger partial charge in [0.1, 0.15) is 18.1 Å². The molecule has 4 amide bonds. The molecule has 35 heavy (non-hydrogen) atoms. The number of nitrogens with two attached hydrogens (primary N) is 2. The molecule has 1 aromatic carbocycles. The smallest absolute Gasteiger partial charge is 0.326 e. The summed E-state index contributed by atoms with van der Waals surface area (Å²) >= 11 is 0. The van der Waals surface area contributed by atoms with Crippen LogP contribution in [-0.2, 0) is 35.2 Å². The van der Waals surface area contributed by atoms with Gasteiger partial charge < -0.3 is 42.7 Å². The van der Waals surface area contributed by atoms with Crippen molar-refractivity contribution in [1.82, 2.24) is 16.0 Å². The Morgan fingerprint density at radius 2 is 1.43 bits per heavy atom. The molecule has 0 spiro atoms. The summed E-state index contributed by atoms with van der Waals surface area (Å²) in [4.78, 5) is 71.2. The van der Waals surface area contributed by atoms with Crippen LogP contribution in [-0.4, -0.2) is 81.2 Å². The average molecular weight is 495 g/mol. The van der Waals surface area contributed by atoms with Gasteiger partial charge in [-0.3, -0.25) is 24.0 Å². The van der Waals surface area contributed by atoms with Gasteiger partial charge in [-0.15, -0.1) is 0 Å². The van der Waals surface area contributed by atoms with Crippen LogP contribution < -0.4 is 27.4 Å². The zero-order chi connectivity index (χ0) is 26.7. The van der Waals surface area contributed by atoms with E-state index in [1.54, 1.807) is 30.3 Å². The number of hydrogen-bond acceptors (Lipinski definition) is 8. The van der Waals surface area contributed by atoms with E-state index in [1.165, 1.54) is 0 Å². The van der Waals surface area contributed by atoms with Gasteiger partial charge in [-0.05, 0) is 12.5 Å². The number of primary amides is 1. The van der Waals surface area contributed by atoms with Crippen molar-refractivity contribution in [3.63, 3.8) is 0 Å². The predicted molar refractivity (Wildman–Crippen MR) is 119 cm³/mol. The summed E-state index contributed by atoms with van der Waals surface area (Å²) in [5.41, 5.74) is 11.1. The van der Waals surface area contributed by atoms with E-state index in [9.17, 15) is 39.0 Å². The summed E-state index contributed by atoms with van der Waals surface area (Å²) in [6, 6.07) is 2.17. The third-order valence-electron chi connectivity index (χ3n) is 4.73. The second kappa shape index (κ2) is 13.6. The number of carbonyl (C=O) groups excluding carboxylic acids is 4. The number of carboxylic acid groups (broad SMARTS) is 2. The second-order valence-electron chi connectivity index (χ2n) is 7.75. The van der Waals surface area contributed by atoms with E-state index in [4.69, 9.17) is 16.6 Å². The number of aliphatic carboxylic acids is 2. The second-order valence-corrected chi connectivity index (χ2v) is 7.75. The van der Waals surface area contributed by atoms with Gasteiger partial charge in [0.2, 0.25) is 23.6 Å². The Hall–Kier alpha value is -4.04. The number of aliphatic hydroxyl groups excluding tert-OH is 1. The Kier molecular flexibility index (Phi) is 11.3. The maximum atomic E-state index is 12.7. The van der Waals surface area contributed by atoms with Crippen molar-refractivity contribution in [3.8, 4) is 0 Å². The summed E-state index contributed by atoms with van der Waals surface area (Å²) in [5, 5.41) is 34.7. The van der Waals surface area contributed by atoms with Gasteiger partial charge >= 0.3 is 11.9 Å². The molecule has 1 aromatic rings. The first-order valence-electron chi connectivity index (χ1n) is 10.4. The van der Waals surface area contributed by atoms with E-state index < -0.39 is 78.7 Å². The summed E-state index contributed by atoms with van der Waals surface area (Å²) in [5.74, 6) is -6.97. The SMILES string of the molecule is CC(O)C(NC(=O)C(CC(N)=O)NC(=O)C(N)CC(=O)O)C(=O)NC(Cc1ccccc1)C(=O)O. The monoisotopic (exact) mass is 495 g/mol. The van der Waals surface area contributed by atoms with Gasteiger partial charge in [-0.1, -0.05) is 30.3 Å². The van der Waals surface area contributed by atoms with Gasteiger partial charge in [0.25, 0.3) is 0 Å². The highest BCUT2D eigenvalue weighted by Crippen LogP contribution is 2.05. The molecule has 0 aromatic heterocycles. The Morgan fingerprint density at radius 1 is 0.857 bits per heavy atom. The van der Waals surface area contributed by atoms with Crippen molar-refractivity contribution in [2.45, 2.75) is 56.5 Å². The fourth-order valence-electron chi connectivity index (χ4n) is 2.94. The first-order chi connectivity index (χ1) is 16.3. The molecule has 0 radical (unpaired) electrons. The summed E-state index contributed by atoms with van der Waals surface area (Å²) < 4.78 is 0. The lowest BCUT2D eigenvalue weighted by Crippen LogP contribution is -2.60. The van der Waals surface area contributed by atoms with Crippen molar-refractivity contribution < 1.29 is 44.1 Å². The number of amides is 4. The van der Waals surface area contributed by atoms with E-state index in [2.05, 4.69) is 16.0 Å². The predicted octanol–water partition coefficient (Wildman–Crippen LogP) is -3.17. The highest BCUT2D eigenvalue weighted by Gasteiger charge is 2.33. The minimum absolute atomic E-state index is 0.0792. The third-order valence-corrected chi connectivity index (χ3v) is 4.73. The molecule has 0 saturated heterocycles. The lowest BCUT2D eigenvalue weighted by atomic mass is 10.0. The first-order valence-corrected chi connectivity index (χ1v) is 10.4. The molecule has 0 aliphatic carbocycles. The molecule has 1 rings (SSSR count). The molecule has 0 heterocycles. The fraction of sp³-hybridized carbons (Fsp3) is 0.429. The van der Waals surface area contributed by atoms with Crippen molar-refractivity contribution in [2.24, 2.45) is 11.5 Å². The van der Waals surface area contributed by atoms with Gasteiger partial charge in [0, 0.05) is 6.42 Å². The summed E-state index contributed by atoms with van der Waals surface area (Å²) in [6.45, 7) is 1.15. The molecule has 5 unspecified atom stereocenters. The Morgan fingerprint density at radius 3 is 1.91 bits per heavy atom. The maximum Gasteiger partial charge on any atom is 0.326 e. The Labute approximate surface area is 200 Å². The van der Waals surface area contributed by atoms with Crippen LogP contribution in [0.5, 0.6) is 0 Å². The zero-order valence-corrected chi connectivity index (χ0v) is 18.8. The molecule has 192 valence electrons. The summed E-state index contributed by atoms with van der Waals surface area (Å²) in [7, 11) is 0. The van der Waals surface area contributed by atoms with E-state index in [1.807, 2.05) is 0 Å². The van der Waals surface area contributed by atoms with Crippen LogP contribution in [0.15, 0.2) is 30.3 Å². The van der Waals surface area contributed by atoms with Gasteiger partial charge in [-0.2, -0.15) is 0 Å². The van der Waals surface area contributed by atoms with E-state index in [0.717, 1.165) is 6.92 Å². The lowest BCUT2D eigenvalue weighted by Gasteiger charge is -2.26. The standard InChI is InChI=1S/C21H29N5O9/c1-10(27)17(20(33)25-14(21(34)35)7-11-5-3-2-4-6-11)26-19(32)13(9-15(23)28)24-18(31)12(22)8-16(29)30/h2-6,10,12-14,17,27H,7-9,22H2,1H3,(H2,23,28)(H,24,31)(H,25,33)(H,26,32)(H,29,30)(H,34,35). The van der Waals surface area contributed by atoms with Crippen LogP contribution in [0, 0.1) is 0 Å². The minimum atomic E-state index is -1.67. The van der Waals surface area contributed by atoms with Crippen molar-refractivity contribution in [2.75, 3.05) is 0 Å². The molecule has 14 nitrogen and oxygen atoms in total. The lowest BCUT2D eigenvalue weighted by molar-refractivity contribution is -0.143. The maximum absolute atomic E-state index is 12.7. The highest BCUT2D eigenvalue weighted by molar-refractivity contribution is 5.96. The average Bonchev–Trinajstić information content (AvgIpc) is 2.75. The highest BCUT2D eigenvalue weighted by atomic mass is 16.4. The normalized spacial score (nSPS) is 14.9. The number of benzene rings is 1. The van der Waals surface area contributed by atoms with Crippen molar-refractivity contribution >= 4 is 35.6 Å². The number of rotatable bonds is 14. The molecule has 0 aliphatic heterocycles. The number of carbonyl (C=O) groups is 6. The number of carboxylic acids is 2. The van der Waals surface area contributed by atoms with Crippen LogP contribution >= 0.6 is 0 Å². The van der Waals surface area contributed by atoms with Crippen LogP contribution in [0.1, 0.15) is 25.3 Å². The Balaban J connectivity index is 2.97. The fourth-order valence-corrected chi connectivity index (χ4v) is 2.94. The molecule has 0 bridgehead atoms. The molecule has 0 fully saturated rings. The quantitative estimate of drug-likeness (QED) is 0.128. The molecular weight excluding hydrogens is 466 g/mol. The first kappa shape index (κ1) is 29.0. The van der Waals surface area contributed by atoms with Crippen molar-refractivity contribution in [3.05, 3.63) is 35.9 Å². The topological polar surface area (TPSA) is 251 Å². The van der Waals surface area contributed by atoms with E-state index in [-0.39, 0.29) is 6.42 Å². The summed E-state index contributed by atoms with van der Waals surface area (Å²) in [6.07, 6.45) is -3.07. The van der Waals surface area contributed by atoms with Gasteiger partial charge in [0.15, 0.2) is 0 Å². The van der Waals surface area contributed by atoms with Gasteiger partial charge in [0.05, 0.1) is 25.0 Å². The Bertz CT molecular complexity index is 938. The molecule has 10 N–H and O–H groups in total. The zero-order valence-electron chi connectivity index (χ0n) is 18.8. The van der Waals surface area contributed by atoms with Crippen LogP contribution in [0.3, 0.4) is 0 Å². The number of hydrogen-bond donors (Lipinski definition) is 8. The molecule has 14 heteroatoms. The van der Waals surface area contributed by atoms with Crippen molar-refractivity contribution in [1.29, 1.82) is 0 Å². The van der Waals surface area contributed by atoms with Crippen LogP contribution in [0.4, 0.5) is 0 Å². The van der Waals surface area contributed by atoms with E-state index >= 15 is 0 Å². The number of nitrogens with one attached hydrogen (secondary N) is 3. The van der Waals surface area contributed by atoms with Crippen LogP contribution in [0.25, 0.3) is 0 Å².